The Morgan fingerprint density at radius 1 is 1.50 bits per heavy atom. The molecule has 1 N–H and O–H groups in total. The summed E-state index contributed by atoms with van der Waals surface area (Å²) in [4.78, 5) is 2.41. The van der Waals surface area contributed by atoms with Crippen LogP contribution in [0.25, 0.3) is 0 Å². The summed E-state index contributed by atoms with van der Waals surface area (Å²) in [5.74, 6) is 0.739. The number of hydrogen-bond acceptors (Lipinski definition) is 2. The summed E-state index contributed by atoms with van der Waals surface area (Å²) >= 11 is 8.62. The Labute approximate surface area is 128 Å². The van der Waals surface area contributed by atoms with Crippen molar-refractivity contribution in [1.82, 2.24) is 5.32 Å². The van der Waals surface area contributed by atoms with Crippen LogP contribution in [0.3, 0.4) is 0 Å². The molecule has 1 unspecified atom stereocenters. The minimum Gasteiger partial charge on any atom is -0.370 e. The number of benzene rings is 1. The molecule has 1 aliphatic rings. The van der Waals surface area contributed by atoms with Crippen molar-refractivity contribution < 1.29 is 0 Å². The Morgan fingerprint density at radius 2 is 2.28 bits per heavy atom. The van der Waals surface area contributed by atoms with Crippen LogP contribution in [0.1, 0.15) is 20.3 Å². The molecule has 0 aliphatic carbocycles. The normalized spacial score (nSPS) is 19.8. The van der Waals surface area contributed by atoms with Gasteiger partial charge in [0, 0.05) is 22.7 Å². The first-order valence-electron chi connectivity index (χ1n) is 6.49. The number of anilines is 1. The average molecular weight is 379 g/mol. The first kappa shape index (κ1) is 14.4. The quantitative estimate of drug-likeness (QED) is 0.802. The monoisotopic (exact) mass is 378 g/mol. The van der Waals surface area contributed by atoms with Crippen LogP contribution in [0.15, 0.2) is 18.2 Å². The maximum absolute atomic E-state index is 6.32. The smallest absolute Gasteiger partial charge is 0.0650 e. The fourth-order valence-corrected chi connectivity index (χ4v) is 3.33. The summed E-state index contributed by atoms with van der Waals surface area (Å²) in [5.41, 5.74) is 1.18. The summed E-state index contributed by atoms with van der Waals surface area (Å²) < 4.78 is 1.19. The summed E-state index contributed by atoms with van der Waals surface area (Å²) in [6, 6.07) is 6.88. The van der Waals surface area contributed by atoms with Crippen molar-refractivity contribution in [2.75, 3.05) is 24.5 Å². The van der Waals surface area contributed by atoms with E-state index in [0.29, 0.717) is 6.04 Å². The molecular weight excluding hydrogens is 359 g/mol. The summed E-state index contributed by atoms with van der Waals surface area (Å²) in [7, 11) is 0. The largest absolute Gasteiger partial charge is 0.370 e. The van der Waals surface area contributed by atoms with Gasteiger partial charge in [0.15, 0.2) is 0 Å². The number of rotatable bonds is 4. The van der Waals surface area contributed by atoms with Crippen LogP contribution >= 0.6 is 34.2 Å². The second-order valence-electron chi connectivity index (χ2n) is 5.26. The lowest BCUT2D eigenvalue weighted by Gasteiger charge is -2.20. The topological polar surface area (TPSA) is 15.3 Å². The van der Waals surface area contributed by atoms with Crippen LogP contribution in [0.2, 0.25) is 5.02 Å². The molecule has 1 atom stereocenters. The van der Waals surface area contributed by atoms with E-state index in [1.165, 1.54) is 15.7 Å². The van der Waals surface area contributed by atoms with Crippen LogP contribution in [-0.2, 0) is 0 Å². The van der Waals surface area contributed by atoms with E-state index in [9.17, 15) is 0 Å². The Balaban J connectivity index is 1.95. The van der Waals surface area contributed by atoms with Gasteiger partial charge >= 0.3 is 0 Å². The number of nitrogens with one attached hydrogen (secondary N) is 1. The molecule has 0 amide bonds. The molecule has 2 nitrogen and oxygen atoms in total. The molecule has 2 rings (SSSR count). The van der Waals surface area contributed by atoms with E-state index in [1.807, 2.05) is 6.07 Å². The molecule has 1 aliphatic heterocycles. The minimum absolute atomic E-state index is 0.570. The van der Waals surface area contributed by atoms with Crippen LogP contribution in [0.4, 0.5) is 5.69 Å². The molecule has 0 aromatic heterocycles. The van der Waals surface area contributed by atoms with Crippen LogP contribution in [0, 0.1) is 9.49 Å². The molecule has 0 spiro atoms. The number of nitrogens with zero attached hydrogens (tertiary/aromatic N) is 1. The standard InChI is InChI=1S/C14H20ClIN2/c1-10(2)17-8-11-5-6-18(9-11)14-4-3-12(16)7-13(14)15/h3-4,7,10-11,17H,5-6,8-9H2,1-2H3. The second-order valence-corrected chi connectivity index (χ2v) is 6.91. The van der Waals surface area contributed by atoms with Crippen molar-refractivity contribution >= 4 is 39.9 Å². The highest BCUT2D eigenvalue weighted by Gasteiger charge is 2.23. The molecule has 18 heavy (non-hydrogen) atoms. The van der Waals surface area contributed by atoms with Gasteiger partial charge in [0.2, 0.25) is 0 Å². The molecular formula is C14H20ClIN2. The Hall–Kier alpha value is -0.0000000000000000555. The highest BCUT2D eigenvalue weighted by molar-refractivity contribution is 14.1. The van der Waals surface area contributed by atoms with E-state index < -0.39 is 0 Å². The van der Waals surface area contributed by atoms with E-state index >= 15 is 0 Å². The van der Waals surface area contributed by atoms with Crippen molar-refractivity contribution in [2.45, 2.75) is 26.3 Å². The van der Waals surface area contributed by atoms with Crippen LogP contribution in [-0.4, -0.2) is 25.7 Å². The molecule has 4 heteroatoms. The molecule has 1 saturated heterocycles. The van der Waals surface area contributed by atoms with Gasteiger partial charge in [-0.05, 0) is 59.7 Å². The first-order chi connectivity index (χ1) is 8.56. The first-order valence-corrected chi connectivity index (χ1v) is 7.95. The summed E-state index contributed by atoms with van der Waals surface area (Å²) in [5, 5.41) is 4.40. The zero-order valence-corrected chi connectivity index (χ0v) is 13.8. The fourth-order valence-electron chi connectivity index (χ4n) is 2.36. The highest BCUT2D eigenvalue weighted by Crippen LogP contribution is 2.31. The van der Waals surface area contributed by atoms with Crippen LogP contribution < -0.4 is 10.2 Å². The van der Waals surface area contributed by atoms with E-state index in [1.54, 1.807) is 0 Å². The van der Waals surface area contributed by atoms with Crippen molar-refractivity contribution in [3.05, 3.63) is 26.8 Å². The van der Waals surface area contributed by atoms with Gasteiger partial charge in [-0.2, -0.15) is 0 Å². The maximum atomic E-state index is 6.32. The van der Waals surface area contributed by atoms with Crippen molar-refractivity contribution in [2.24, 2.45) is 5.92 Å². The molecule has 0 saturated carbocycles. The maximum Gasteiger partial charge on any atom is 0.0650 e. The zero-order chi connectivity index (χ0) is 13.1. The van der Waals surface area contributed by atoms with Gasteiger partial charge in [-0.1, -0.05) is 25.4 Å². The molecule has 0 bridgehead atoms. The van der Waals surface area contributed by atoms with E-state index in [4.69, 9.17) is 11.6 Å². The predicted molar refractivity (Wildman–Crippen MR) is 87.6 cm³/mol. The molecule has 100 valence electrons. The van der Waals surface area contributed by atoms with Gasteiger partial charge in [-0.25, -0.2) is 0 Å². The zero-order valence-electron chi connectivity index (χ0n) is 10.9. The Kier molecular flexibility index (Phi) is 5.15. The number of hydrogen-bond donors (Lipinski definition) is 1. The van der Waals surface area contributed by atoms with Crippen LogP contribution in [0.5, 0.6) is 0 Å². The lowest BCUT2D eigenvalue weighted by molar-refractivity contribution is 0.480. The fraction of sp³-hybridized carbons (Fsp3) is 0.571. The lowest BCUT2D eigenvalue weighted by atomic mass is 10.1. The minimum atomic E-state index is 0.570. The Morgan fingerprint density at radius 3 is 2.94 bits per heavy atom. The van der Waals surface area contributed by atoms with E-state index in [2.05, 4.69) is 58.8 Å². The number of halogens is 2. The summed E-state index contributed by atoms with van der Waals surface area (Å²) in [6.45, 7) is 7.73. The SMILES string of the molecule is CC(C)NCC1CCN(c2ccc(I)cc2Cl)C1. The van der Waals surface area contributed by atoms with Gasteiger partial charge in [-0.3, -0.25) is 0 Å². The van der Waals surface area contributed by atoms with E-state index in [-0.39, 0.29) is 0 Å². The summed E-state index contributed by atoms with van der Waals surface area (Å²) in [6.07, 6.45) is 1.25. The van der Waals surface area contributed by atoms with Gasteiger partial charge in [0.05, 0.1) is 10.7 Å². The predicted octanol–water partition coefficient (Wildman–Crippen LogP) is 3.77. The van der Waals surface area contributed by atoms with Gasteiger partial charge in [0.1, 0.15) is 0 Å². The third kappa shape index (κ3) is 3.75. The third-order valence-corrected chi connectivity index (χ3v) is 4.32. The van der Waals surface area contributed by atoms with Crippen molar-refractivity contribution in [3.8, 4) is 0 Å². The molecule has 1 aromatic carbocycles. The van der Waals surface area contributed by atoms with E-state index in [0.717, 1.165) is 30.6 Å². The van der Waals surface area contributed by atoms with Crippen molar-refractivity contribution in [3.63, 3.8) is 0 Å². The Bertz CT molecular complexity index is 409. The highest BCUT2D eigenvalue weighted by atomic mass is 127. The van der Waals surface area contributed by atoms with Crippen molar-refractivity contribution in [1.29, 1.82) is 0 Å². The van der Waals surface area contributed by atoms with Gasteiger partial charge in [-0.15, -0.1) is 0 Å². The molecule has 1 heterocycles. The molecule has 0 radical (unpaired) electrons. The van der Waals surface area contributed by atoms with Gasteiger partial charge in [0.25, 0.3) is 0 Å². The molecule has 1 aromatic rings. The average Bonchev–Trinajstić information content (AvgIpc) is 2.75. The van der Waals surface area contributed by atoms with Gasteiger partial charge < -0.3 is 10.2 Å². The second kappa shape index (κ2) is 6.44. The molecule has 1 fully saturated rings. The third-order valence-electron chi connectivity index (χ3n) is 3.35. The lowest BCUT2D eigenvalue weighted by Crippen LogP contribution is -2.30.